The van der Waals surface area contributed by atoms with E-state index < -0.39 is 21.7 Å². The van der Waals surface area contributed by atoms with Crippen LogP contribution >= 0.6 is 70.6 Å². The van der Waals surface area contributed by atoms with Gasteiger partial charge in [-0.05, 0) is 104 Å². The topological polar surface area (TPSA) is 49.2 Å². The molecule has 7 heterocycles. The number of hydrogen-bond donors (Lipinski definition) is 4. The first kappa shape index (κ1) is 50.5. The number of fused-ring (bicyclic) bond motifs is 4. The Morgan fingerprint density at radius 1 is 0.366 bits per heavy atom. The fourth-order valence-electron chi connectivity index (χ4n) is 14.8. The molecule has 0 radical (unpaired) electrons. The summed E-state index contributed by atoms with van der Waals surface area (Å²) in [5.74, 6) is 0.865. The fourth-order valence-corrected chi connectivity index (χ4v) is 22.2. The molecule has 2 fully saturated rings. The molecule has 4 N–H and O–H groups in total. The Hall–Kier alpha value is -5.96. The van der Waals surface area contributed by atoms with Crippen molar-refractivity contribution in [3.05, 3.63) is 169 Å². The van der Waals surface area contributed by atoms with Crippen molar-refractivity contribution in [2.75, 3.05) is 56.6 Å². The smallest absolute Gasteiger partial charge is 0.372 e. The standard InChI is InChI=1S/C66H56N8O2S6/c77-61-67-35-43(15-7-9-33-75-39-41-11-3-1-4-12-41)36-68-62(78)72-54-30-22-46-20-28-52-56(32-24-48-18-26-50(54)58(46)60(48)52)74-64(80)70-38-44(16-8-10-34-76-40-42-13-5-2-6-14-42)37-69-63(79)73(82(74)66(69)70)55-31-23-47-17-25-49-53(71(61)81(72)65(67)68)29-21-45-19-27-51(55)59(47)57(45)49/h1-6,11-14,17-32,43-44H,7-10,15-16,33-40H2/p+4. The highest BCUT2D eigenvalue weighted by atomic mass is 32.2. The molecule has 10 aromatic carbocycles. The zero-order valence-corrected chi connectivity index (χ0v) is 50.0. The first-order valence-corrected chi connectivity index (χ1v) is 33.0. The van der Waals surface area contributed by atoms with Gasteiger partial charge in [-0.15, -0.1) is 0 Å². The summed E-state index contributed by atoms with van der Waals surface area (Å²) in [7, 11) is -1.30. The van der Waals surface area contributed by atoms with Crippen LogP contribution in [0.3, 0.4) is 0 Å². The molecule has 10 aromatic rings. The van der Waals surface area contributed by atoms with Crippen LogP contribution in [0.15, 0.2) is 158 Å². The van der Waals surface area contributed by atoms with Crippen LogP contribution in [-0.4, -0.2) is 70.1 Å². The minimum atomic E-state index is -0.650. The maximum Gasteiger partial charge on any atom is 0.372 e. The Bertz CT molecular complexity index is 3940. The van der Waals surface area contributed by atoms with Crippen LogP contribution < -0.4 is 36.8 Å². The number of unbranched alkanes of at least 4 members (excludes halogenated alkanes) is 2. The van der Waals surface area contributed by atoms with Crippen LogP contribution in [0.5, 0.6) is 0 Å². The predicted molar refractivity (Wildman–Crippen MR) is 356 cm³/mol. The van der Waals surface area contributed by atoms with Crippen LogP contribution in [0.2, 0.25) is 0 Å². The molecule has 4 unspecified atom stereocenters. The lowest BCUT2D eigenvalue weighted by atomic mass is 9.92. The molecule has 12 bridgehead atoms. The Balaban J connectivity index is 0.801. The Morgan fingerprint density at radius 2 is 0.659 bits per heavy atom. The van der Waals surface area contributed by atoms with Crippen LogP contribution in [0.1, 0.15) is 49.7 Å². The van der Waals surface area contributed by atoms with E-state index in [0.29, 0.717) is 25.0 Å². The minimum absolute atomic E-state index is 0.432. The number of hydrogen-bond acceptors (Lipinski definition) is 6. The molecule has 17 rings (SSSR count). The van der Waals surface area contributed by atoms with E-state index in [2.05, 4.69) is 175 Å². The Kier molecular flexibility index (Phi) is 12.2. The molecule has 16 heteroatoms. The lowest BCUT2D eigenvalue weighted by Crippen LogP contribution is -3.38. The van der Waals surface area contributed by atoms with E-state index in [0.717, 1.165) is 121 Å². The molecule has 4 atom stereocenters. The molecule has 0 spiro atoms. The molecule has 7 aliphatic heterocycles. The molecule has 408 valence electrons. The van der Waals surface area contributed by atoms with E-state index in [-0.39, 0.29) is 0 Å². The number of nitrogens with one attached hydrogen (secondary N) is 4. The third kappa shape index (κ3) is 7.60. The van der Waals surface area contributed by atoms with Gasteiger partial charge in [0.15, 0.2) is 0 Å². The summed E-state index contributed by atoms with van der Waals surface area (Å²) in [6, 6.07) is 58.4. The van der Waals surface area contributed by atoms with E-state index >= 15 is 0 Å². The van der Waals surface area contributed by atoms with Crippen molar-refractivity contribution in [3.8, 4) is 0 Å². The average molecular weight is 1190 g/mol. The number of benzene rings is 10. The maximum atomic E-state index is 6.90. The number of quaternary nitrogens is 4. The van der Waals surface area contributed by atoms with E-state index in [1.807, 2.05) is 0 Å². The van der Waals surface area contributed by atoms with Gasteiger partial charge >= 0.3 is 10.2 Å². The van der Waals surface area contributed by atoms with E-state index in [4.69, 9.17) is 58.3 Å². The van der Waals surface area contributed by atoms with E-state index in [9.17, 15) is 0 Å². The van der Waals surface area contributed by atoms with Crippen molar-refractivity contribution in [1.29, 1.82) is 0 Å². The average Bonchev–Trinajstić information content (AvgIpc) is 2.46. The quantitative estimate of drug-likeness (QED) is 0.0482. The molecule has 7 aliphatic rings. The molecule has 0 aliphatic carbocycles. The van der Waals surface area contributed by atoms with Crippen molar-refractivity contribution in [2.24, 2.45) is 11.8 Å². The summed E-state index contributed by atoms with van der Waals surface area (Å²) in [6.45, 7) is 6.61. The molecular formula is C66H60N8O2S6+4. The zero-order chi connectivity index (χ0) is 54.5. The molecule has 10 nitrogen and oxygen atoms in total. The molecule has 82 heavy (non-hydrogen) atoms. The summed E-state index contributed by atoms with van der Waals surface area (Å²) in [5.41, 5.74) is 6.97. The van der Waals surface area contributed by atoms with Gasteiger partial charge in [-0.1, -0.05) is 146 Å². The second kappa shape index (κ2) is 19.8. The predicted octanol–water partition coefficient (Wildman–Crippen LogP) is 9.56. The normalized spacial score (nSPS) is 24.4. The van der Waals surface area contributed by atoms with Crippen molar-refractivity contribution in [3.63, 3.8) is 0 Å². The minimum Gasteiger partial charge on any atom is -0.377 e. The van der Waals surface area contributed by atoms with Crippen LogP contribution in [0.25, 0.3) is 64.6 Å². The first-order valence-electron chi connectivity index (χ1n) is 29.1. The van der Waals surface area contributed by atoms with Gasteiger partial charge in [0.05, 0.1) is 47.8 Å². The summed E-state index contributed by atoms with van der Waals surface area (Å²) >= 11 is 27.6. The summed E-state index contributed by atoms with van der Waals surface area (Å²) in [6.07, 6.45) is 6.44. The van der Waals surface area contributed by atoms with Crippen LogP contribution in [0, 0.1) is 11.8 Å². The van der Waals surface area contributed by atoms with Gasteiger partial charge < -0.3 is 9.47 Å². The van der Waals surface area contributed by atoms with Gasteiger partial charge in [0.25, 0.3) is 20.4 Å². The number of anilines is 4. The first-order chi connectivity index (χ1) is 40.4. The number of nitrogens with zero attached hydrogens (tertiary/aromatic N) is 4. The van der Waals surface area contributed by atoms with Gasteiger partial charge in [0.1, 0.15) is 47.9 Å². The second-order valence-corrected chi connectivity index (χ2v) is 28.2. The lowest BCUT2D eigenvalue weighted by molar-refractivity contribution is -0.862. The third-order valence-corrected chi connectivity index (χ3v) is 25.3. The van der Waals surface area contributed by atoms with Crippen LogP contribution in [-0.2, 0) is 22.7 Å². The fraction of sp³-hybridized carbons (Fsp3) is 0.242. The van der Waals surface area contributed by atoms with Crippen molar-refractivity contribution in [2.45, 2.75) is 51.7 Å². The number of thiocarbonyl (C=S) groups is 4. The third-order valence-electron chi connectivity index (χ3n) is 18.5. The molecule has 0 aromatic heterocycles. The Labute approximate surface area is 503 Å². The van der Waals surface area contributed by atoms with Crippen molar-refractivity contribution < 1.29 is 29.1 Å². The Morgan fingerprint density at radius 3 is 0.963 bits per heavy atom. The van der Waals surface area contributed by atoms with E-state index in [1.54, 1.807) is 0 Å². The largest absolute Gasteiger partial charge is 0.377 e. The summed E-state index contributed by atoms with van der Waals surface area (Å²) < 4.78 is 22.4. The summed E-state index contributed by atoms with van der Waals surface area (Å²) in [5, 5.41) is 21.1. The van der Waals surface area contributed by atoms with E-state index in [1.165, 1.54) is 106 Å². The van der Waals surface area contributed by atoms with Gasteiger partial charge in [0.2, 0.25) is 0 Å². The molecule has 0 saturated carbocycles. The number of rotatable bonds is 14. The van der Waals surface area contributed by atoms with Crippen molar-refractivity contribution >= 4 is 189 Å². The van der Waals surface area contributed by atoms with Crippen LogP contribution in [0.4, 0.5) is 22.7 Å². The molecule has 2 saturated heterocycles. The van der Waals surface area contributed by atoms with Crippen molar-refractivity contribution in [1.82, 2.24) is 0 Å². The van der Waals surface area contributed by atoms with Gasteiger partial charge in [-0.3, -0.25) is 0 Å². The zero-order valence-electron chi connectivity index (χ0n) is 45.1. The van der Waals surface area contributed by atoms with Gasteiger partial charge in [0, 0.05) is 83.6 Å². The van der Waals surface area contributed by atoms with Gasteiger partial charge in [-0.2, -0.15) is 19.6 Å². The number of ether oxygens (including phenoxy) is 2. The highest BCUT2D eigenvalue weighted by Gasteiger charge is 2.63. The summed E-state index contributed by atoms with van der Waals surface area (Å²) in [4.78, 5) is 5.22. The highest BCUT2D eigenvalue weighted by Crippen LogP contribution is 2.52. The van der Waals surface area contributed by atoms with Gasteiger partial charge in [-0.25, -0.2) is 17.2 Å². The monoisotopic (exact) mass is 1190 g/mol. The second-order valence-electron chi connectivity index (χ2n) is 23.3. The maximum absolute atomic E-state index is 6.90. The highest BCUT2D eigenvalue weighted by molar-refractivity contribution is 8.21. The SMILES string of the molecule is S=C1N2c3ccc4ccc5c(ccc6ccc3c4c65)N3C(=S)[NH+]4CC(CCCCOCc5ccccc5)C[NH+]5C(=S)N(c6ccc7ccc8c(ccc9ccc6c7c98)N6C(=S)[NH+]7CC(CCCCOCc8ccccc8)C[NH+]1C7=S26)S3=C45. The molecule has 0 amide bonds. The lowest BCUT2D eigenvalue weighted by Gasteiger charge is -2.34. The molecular weight excluding hydrogens is 1130 g/mol.